The Labute approximate surface area is 254 Å². The lowest BCUT2D eigenvalue weighted by Crippen LogP contribution is -2.52. The number of benzene rings is 2. The van der Waals surface area contributed by atoms with E-state index in [1.165, 1.54) is 6.92 Å². The largest absolute Gasteiger partial charge is 0.462 e. The van der Waals surface area contributed by atoms with Gasteiger partial charge in [-0.1, -0.05) is 41.9 Å². The number of alkyl halides is 3. The van der Waals surface area contributed by atoms with Gasteiger partial charge < -0.3 is 29.4 Å². The summed E-state index contributed by atoms with van der Waals surface area (Å²) in [5, 5.41) is 14.7. The maximum absolute atomic E-state index is 15.3. The molecule has 4 rings (SSSR count). The van der Waals surface area contributed by atoms with Crippen molar-refractivity contribution in [2.24, 2.45) is 0 Å². The summed E-state index contributed by atoms with van der Waals surface area (Å²) in [7, 11) is 0. The summed E-state index contributed by atoms with van der Waals surface area (Å²) in [4.78, 5) is 28.3. The summed E-state index contributed by atoms with van der Waals surface area (Å²) < 4.78 is 67.3. The number of ether oxygens (including phenoxy) is 2. The van der Waals surface area contributed by atoms with Gasteiger partial charge in [0.05, 0.1) is 17.7 Å². The molecule has 0 spiro atoms. The monoisotopic (exact) mass is 664 g/mol. The molecule has 11 nitrogen and oxygen atoms in total. The molecule has 0 bridgehead atoms. The van der Waals surface area contributed by atoms with Gasteiger partial charge in [0, 0.05) is 6.20 Å². The first-order valence-corrected chi connectivity index (χ1v) is 15.9. The second kappa shape index (κ2) is 13.1. The Bertz CT molecular complexity index is 1600. The first-order valence-electron chi connectivity index (χ1n) is 12.9. The van der Waals surface area contributed by atoms with E-state index in [-0.39, 0.29) is 16.6 Å². The van der Waals surface area contributed by atoms with Gasteiger partial charge in [-0.3, -0.25) is 9.36 Å². The second-order valence-corrected chi connectivity index (χ2v) is 13.6. The molecular weight excluding hydrogens is 636 g/mol. The number of aromatic nitrogens is 2. The van der Waals surface area contributed by atoms with Crippen LogP contribution in [0.1, 0.15) is 27.0 Å². The third kappa shape index (κ3) is 7.14. The number of hydrogen-bond donors (Lipinski definition) is 3. The summed E-state index contributed by atoms with van der Waals surface area (Å²) in [5.74, 6) is -0.928. The molecule has 6 unspecified atom stereocenters. The molecule has 1 fully saturated rings. The van der Waals surface area contributed by atoms with Crippen LogP contribution in [0.4, 0.5) is 19.0 Å². The number of anilines is 1. The number of esters is 1. The number of rotatable bonds is 11. The summed E-state index contributed by atoms with van der Waals surface area (Å²) in [6.07, 6.45) is -10.3. The number of halogens is 4. The Morgan fingerprint density at radius 3 is 2.60 bits per heavy atom. The summed E-state index contributed by atoms with van der Waals surface area (Å²) >= 11 is 11.5. The molecule has 1 aromatic heterocycles. The molecule has 17 heteroatoms. The normalized spacial score (nSPS) is 24.3. The molecule has 0 aliphatic carbocycles. The zero-order valence-electron chi connectivity index (χ0n) is 23.0. The molecule has 2 heterocycles. The molecule has 2 aromatic carbocycles. The molecule has 1 aliphatic rings. The Kier molecular flexibility index (Phi) is 10.1. The fraction of sp³-hybridized carbons (Fsp3) is 0.423. The third-order valence-electron chi connectivity index (χ3n) is 6.46. The van der Waals surface area contributed by atoms with E-state index in [9.17, 15) is 23.5 Å². The van der Waals surface area contributed by atoms with Crippen LogP contribution in [-0.2, 0) is 30.6 Å². The van der Waals surface area contributed by atoms with Crippen LogP contribution < -0.4 is 21.0 Å². The lowest BCUT2D eigenvalue weighted by Gasteiger charge is -2.34. The number of nitrogens with one attached hydrogen (secondary N) is 1. The number of carbonyl (C=O) groups is 1. The molecule has 234 valence electrons. The van der Waals surface area contributed by atoms with Gasteiger partial charge in [-0.15, -0.1) is 0 Å². The van der Waals surface area contributed by atoms with E-state index in [1.54, 1.807) is 44.2 Å². The first-order chi connectivity index (χ1) is 20.2. The topological polar surface area (TPSA) is 147 Å². The summed E-state index contributed by atoms with van der Waals surface area (Å²) in [6.45, 7) is -0.496. The van der Waals surface area contributed by atoms with Crippen molar-refractivity contribution in [3.05, 3.63) is 64.2 Å². The fourth-order valence-corrected chi connectivity index (χ4v) is 6.82. The van der Waals surface area contributed by atoms with E-state index in [0.29, 0.717) is 4.57 Å². The SMILES string of the molecule is CC(C)OC(=O)C(C)NP(=S)(OCC1(C(F)F)OC(n2cc(Cl)c(N)nc2=O)C(F)C1O)Oc1ccc2ccccc2c1. The standard InChI is InChI=1S/C26H29ClF3N4O7PS/c1-13(2)39-23(36)14(3)33-42(43,41-17-9-8-15-6-4-5-7-16(15)10-17)38-12-26(24(29)30)20(35)19(28)22(40-26)34-11-18(27)21(31)32-25(34)37/h4-11,13-14,19-20,22,24,35H,12H2,1-3H3,(H,33,43)(H2,31,32,37). The van der Waals surface area contributed by atoms with E-state index in [0.717, 1.165) is 17.0 Å². The number of carbonyl (C=O) groups excluding carboxylic acids is 1. The van der Waals surface area contributed by atoms with E-state index in [4.69, 9.17) is 47.7 Å². The van der Waals surface area contributed by atoms with Gasteiger partial charge >= 0.3 is 18.3 Å². The minimum absolute atomic E-state index is 0.174. The highest BCUT2D eigenvalue weighted by Gasteiger charge is 2.62. The van der Waals surface area contributed by atoms with Crippen LogP contribution in [-0.4, -0.2) is 63.7 Å². The van der Waals surface area contributed by atoms with Crippen molar-refractivity contribution in [2.75, 3.05) is 12.3 Å². The zero-order valence-corrected chi connectivity index (χ0v) is 25.5. The number of hydrogen-bond acceptors (Lipinski definition) is 10. The highest BCUT2D eigenvalue weighted by atomic mass is 35.5. The quantitative estimate of drug-likeness (QED) is 0.201. The van der Waals surface area contributed by atoms with Crippen LogP contribution in [0.5, 0.6) is 5.75 Å². The number of aliphatic hydroxyl groups is 1. The number of nitrogen functional groups attached to an aromatic ring is 1. The predicted molar refractivity (Wildman–Crippen MR) is 156 cm³/mol. The number of nitrogens with zero attached hydrogens (tertiary/aromatic N) is 2. The number of nitrogens with two attached hydrogens (primary N) is 1. The van der Waals surface area contributed by atoms with Crippen molar-refractivity contribution in [3.8, 4) is 5.75 Å². The van der Waals surface area contributed by atoms with Crippen molar-refractivity contribution in [1.82, 2.24) is 14.6 Å². The van der Waals surface area contributed by atoms with Crippen molar-refractivity contribution in [2.45, 2.75) is 63.4 Å². The van der Waals surface area contributed by atoms with Crippen LogP contribution in [0.3, 0.4) is 0 Å². The average molecular weight is 665 g/mol. The van der Waals surface area contributed by atoms with E-state index < -0.39 is 67.6 Å². The van der Waals surface area contributed by atoms with Gasteiger partial charge in [-0.05, 0) is 55.5 Å². The van der Waals surface area contributed by atoms with Gasteiger partial charge in [0.1, 0.15) is 23.7 Å². The smallest absolute Gasteiger partial charge is 0.351 e. The van der Waals surface area contributed by atoms with Gasteiger partial charge in [-0.25, -0.2) is 23.1 Å². The minimum atomic E-state index is -3.95. The van der Waals surface area contributed by atoms with Crippen LogP contribution in [0, 0.1) is 0 Å². The first kappa shape index (κ1) is 33.1. The van der Waals surface area contributed by atoms with Crippen molar-refractivity contribution in [3.63, 3.8) is 0 Å². The van der Waals surface area contributed by atoms with Gasteiger partial charge in [0.2, 0.25) is 0 Å². The van der Waals surface area contributed by atoms with Crippen LogP contribution >= 0.6 is 18.2 Å². The average Bonchev–Trinajstić information content (AvgIpc) is 3.19. The van der Waals surface area contributed by atoms with Crippen LogP contribution in [0.15, 0.2) is 53.5 Å². The lowest BCUT2D eigenvalue weighted by molar-refractivity contribution is -0.192. The predicted octanol–water partition coefficient (Wildman–Crippen LogP) is 4.11. The Hall–Kier alpha value is -2.78. The molecule has 4 N–H and O–H groups in total. The molecule has 6 atom stereocenters. The maximum atomic E-state index is 15.3. The molecule has 0 saturated carbocycles. The highest BCUT2D eigenvalue weighted by molar-refractivity contribution is 8.09. The second-order valence-electron chi connectivity index (χ2n) is 10.0. The van der Waals surface area contributed by atoms with Crippen molar-refractivity contribution in [1.29, 1.82) is 0 Å². The molecule has 0 amide bonds. The highest BCUT2D eigenvalue weighted by Crippen LogP contribution is 2.50. The zero-order chi connectivity index (χ0) is 31.7. The Morgan fingerprint density at radius 2 is 1.95 bits per heavy atom. The van der Waals surface area contributed by atoms with Gasteiger partial charge in [-0.2, -0.15) is 4.98 Å². The number of aliphatic hydroxyl groups excluding tert-OH is 1. The third-order valence-corrected chi connectivity index (χ3v) is 9.23. The summed E-state index contributed by atoms with van der Waals surface area (Å²) in [5.41, 5.74) is 1.30. The molecular formula is C26H29ClF3N4O7PS. The molecule has 1 saturated heterocycles. The fourth-order valence-electron chi connectivity index (χ4n) is 4.26. The minimum Gasteiger partial charge on any atom is -0.462 e. The van der Waals surface area contributed by atoms with Crippen molar-refractivity contribution < 1.29 is 41.6 Å². The Morgan fingerprint density at radius 1 is 1.28 bits per heavy atom. The number of fused-ring (bicyclic) bond motifs is 1. The van der Waals surface area contributed by atoms with E-state index >= 15 is 4.39 Å². The molecule has 1 aliphatic heterocycles. The van der Waals surface area contributed by atoms with Gasteiger partial charge in [0.15, 0.2) is 18.0 Å². The van der Waals surface area contributed by atoms with E-state index in [2.05, 4.69) is 10.1 Å². The summed E-state index contributed by atoms with van der Waals surface area (Å²) in [6, 6.07) is 11.1. The maximum Gasteiger partial charge on any atom is 0.351 e. The molecule has 0 radical (unpaired) electrons. The lowest BCUT2D eigenvalue weighted by atomic mass is 9.97. The van der Waals surface area contributed by atoms with Crippen molar-refractivity contribution >= 4 is 52.6 Å². The molecule has 3 aromatic rings. The van der Waals surface area contributed by atoms with Crippen LogP contribution in [0.2, 0.25) is 5.02 Å². The van der Waals surface area contributed by atoms with Gasteiger partial charge in [0.25, 0.3) is 6.43 Å². The molecule has 43 heavy (non-hydrogen) atoms. The Balaban J connectivity index is 1.66. The van der Waals surface area contributed by atoms with Crippen LogP contribution in [0.25, 0.3) is 10.8 Å². The van der Waals surface area contributed by atoms with E-state index in [1.807, 2.05) is 12.1 Å².